The second kappa shape index (κ2) is 4.16. The van der Waals surface area contributed by atoms with Crippen LogP contribution in [-0.4, -0.2) is 36.6 Å². The first-order chi connectivity index (χ1) is 4.81. The van der Waals surface area contributed by atoms with Crippen LogP contribution in [0.4, 0.5) is 13.2 Å². The molecule has 0 aliphatic heterocycles. The smallest absolute Gasteiger partial charge is 0.297 e. The maximum absolute atomic E-state index is 11.7. The minimum Gasteiger partial charge on any atom is -0.297 e. The van der Waals surface area contributed by atoms with Gasteiger partial charge in [0.1, 0.15) is 0 Å². The van der Waals surface area contributed by atoms with E-state index in [1.165, 1.54) is 7.05 Å². The molecule has 0 fully saturated rings. The Morgan fingerprint density at radius 3 is 2.18 bits per heavy atom. The normalized spacial score (nSPS) is 15.5. The number of alkyl halides is 4. The average molecular weight is 190 g/mol. The highest BCUT2D eigenvalue weighted by Crippen LogP contribution is 2.15. The van der Waals surface area contributed by atoms with Crippen LogP contribution in [0.3, 0.4) is 0 Å². The fraction of sp³-hybridized carbons (Fsp3) is 1.00. The summed E-state index contributed by atoms with van der Waals surface area (Å²) in [4.78, 5) is 1.15. The van der Waals surface area contributed by atoms with Crippen molar-refractivity contribution in [3.05, 3.63) is 0 Å². The van der Waals surface area contributed by atoms with Crippen molar-refractivity contribution < 1.29 is 13.2 Å². The molecule has 0 heterocycles. The van der Waals surface area contributed by atoms with Crippen molar-refractivity contribution in [1.82, 2.24) is 4.90 Å². The zero-order valence-electron chi connectivity index (χ0n) is 6.45. The van der Waals surface area contributed by atoms with Crippen molar-refractivity contribution in [2.45, 2.75) is 18.5 Å². The van der Waals surface area contributed by atoms with E-state index in [2.05, 4.69) is 0 Å². The van der Waals surface area contributed by atoms with Gasteiger partial charge in [0.05, 0.1) is 6.54 Å². The molecule has 0 rings (SSSR count). The lowest BCUT2D eigenvalue weighted by Gasteiger charge is -2.19. The predicted molar refractivity (Wildman–Crippen MR) is 38.9 cm³/mol. The molecule has 11 heavy (non-hydrogen) atoms. The van der Waals surface area contributed by atoms with Crippen molar-refractivity contribution >= 4 is 11.6 Å². The van der Waals surface area contributed by atoms with Gasteiger partial charge < -0.3 is 0 Å². The Labute approximate surface area is 69.1 Å². The van der Waals surface area contributed by atoms with E-state index in [-0.39, 0.29) is 11.9 Å². The van der Waals surface area contributed by atoms with Crippen LogP contribution >= 0.6 is 11.6 Å². The first kappa shape index (κ1) is 11.0. The molecule has 5 heteroatoms. The average Bonchev–Trinajstić information content (AvgIpc) is 1.53. The molecule has 0 aliphatic rings. The van der Waals surface area contributed by atoms with Gasteiger partial charge in [-0.3, -0.25) is 4.90 Å². The Kier molecular flexibility index (Phi) is 4.18. The van der Waals surface area contributed by atoms with Crippen LogP contribution in [0.5, 0.6) is 0 Å². The lowest BCUT2D eigenvalue weighted by atomic mass is 10.4. The lowest BCUT2D eigenvalue weighted by molar-refractivity contribution is -0.142. The Morgan fingerprint density at radius 1 is 1.45 bits per heavy atom. The van der Waals surface area contributed by atoms with E-state index in [0.29, 0.717) is 0 Å². The Bertz CT molecular complexity index is 113. The number of rotatable bonds is 3. The molecule has 0 aliphatic carbocycles. The molecule has 68 valence electrons. The molecule has 0 radical (unpaired) electrons. The van der Waals surface area contributed by atoms with Gasteiger partial charge in [-0.05, 0) is 14.0 Å². The molecule has 0 saturated carbocycles. The molecule has 1 unspecified atom stereocenters. The maximum Gasteiger partial charge on any atom is 0.401 e. The molecular formula is C6H11ClF3N. The van der Waals surface area contributed by atoms with Crippen LogP contribution in [0.25, 0.3) is 0 Å². The second-order valence-corrected chi connectivity index (χ2v) is 3.34. The van der Waals surface area contributed by atoms with Crippen LogP contribution in [-0.2, 0) is 0 Å². The topological polar surface area (TPSA) is 3.24 Å². The fourth-order valence-electron chi connectivity index (χ4n) is 0.800. The summed E-state index contributed by atoms with van der Waals surface area (Å²) < 4.78 is 35.0. The molecule has 0 aromatic heterocycles. The number of nitrogens with zero attached hydrogens (tertiary/aromatic N) is 1. The van der Waals surface area contributed by atoms with Gasteiger partial charge in [-0.25, -0.2) is 0 Å². The van der Waals surface area contributed by atoms with Gasteiger partial charge in [0.15, 0.2) is 0 Å². The van der Waals surface area contributed by atoms with Gasteiger partial charge >= 0.3 is 6.18 Å². The van der Waals surface area contributed by atoms with Crippen molar-refractivity contribution in [3.63, 3.8) is 0 Å². The van der Waals surface area contributed by atoms with Gasteiger partial charge in [-0.2, -0.15) is 13.2 Å². The minimum absolute atomic E-state index is 0.248. The number of hydrogen-bond donors (Lipinski definition) is 0. The van der Waals surface area contributed by atoms with Gasteiger partial charge in [0.25, 0.3) is 0 Å². The summed E-state index contributed by atoms with van der Waals surface area (Å²) >= 11 is 5.49. The van der Waals surface area contributed by atoms with Crippen LogP contribution in [0.2, 0.25) is 0 Å². The molecule has 0 aromatic carbocycles. The van der Waals surface area contributed by atoms with E-state index in [9.17, 15) is 13.2 Å². The third-order valence-electron chi connectivity index (χ3n) is 1.01. The van der Waals surface area contributed by atoms with Crippen molar-refractivity contribution in [2.24, 2.45) is 0 Å². The first-order valence-corrected chi connectivity index (χ1v) is 3.64. The number of halogens is 4. The zero-order chi connectivity index (χ0) is 9.07. The van der Waals surface area contributed by atoms with Crippen molar-refractivity contribution in [1.29, 1.82) is 0 Å². The molecule has 0 spiro atoms. The van der Waals surface area contributed by atoms with Gasteiger partial charge in [0.2, 0.25) is 0 Å². The van der Waals surface area contributed by atoms with E-state index in [1.807, 2.05) is 0 Å². The molecular weight excluding hydrogens is 179 g/mol. The van der Waals surface area contributed by atoms with Crippen LogP contribution in [0.1, 0.15) is 6.92 Å². The van der Waals surface area contributed by atoms with Crippen LogP contribution in [0, 0.1) is 0 Å². The Morgan fingerprint density at radius 2 is 1.91 bits per heavy atom. The summed E-state index contributed by atoms with van der Waals surface area (Å²) in [6.07, 6.45) is -4.12. The molecule has 0 saturated heterocycles. The molecule has 1 atom stereocenters. The van der Waals surface area contributed by atoms with E-state index in [0.717, 1.165) is 4.90 Å². The highest BCUT2D eigenvalue weighted by molar-refractivity contribution is 6.20. The standard InChI is InChI=1S/C6H11ClF3N/c1-5(7)3-11(2)4-6(8,9)10/h5H,3-4H2,1-2H3. The van der Waals surface area contributed by atoms with Gasteiger partial charge in [-0.1, -0.05) is 0 Å². The maximum atomic E-state index is 11.7. The third-order valence-corrected chi connectivity index (χ3v) is 1.15. The highest BCUT2D eigenvalue weighted by Gasteiger charge is 2.29. The molecule has 1 nitrogen and oxygen atoms in total. The van der Waals surface area contributed by atoms with E-state index >= 15 is 0 Å². The van der Waals surface area contributed by atoms with E-state index < -0.39 is 12.7 Å². The van der Waals surface area contributed by atoms with E-state index in [1.54, 1.807) is 6.92 Å². The van der Waals surface area contributed by atoms with Crippen LogP contribution < -0.4 is 0 Å². The largest absolute Gasteiger partial charge is 0.401 e. The van der Waals surface area contributed by atoms with Gasteiger partial charge in [0, 0.05) is 11.9 Å². The SMILES string of the molecule is CC(Cl)CN(C)CC(F)(F)F. The zero-order valence-corrected chi connectivity index (χ0v) is 7.21. The first-order valence-electron chi connectivity index (χ1n) is 3.20. The third kappa shape index (κ3) is 7.94. The Balaban J connectivity index is 3.61. The monoisotopic (exact) mass is 189 g/mol. The van der Waals surface area contributed by atoms with Crippen molar-refractivity contribution in [2.75, 3.05) is 20.1 Å². The molecule has 0 aromatic rings. The lowest BCUT2D eigenvalue weighted by Crippen LogP contribution is -2.34. The molecule has 0 amide bonds. The quantitative estimate of drug-likeness (QED) is 0.615. The summed E-state index contributed by atoms with van der Waals surface area (Å²) in [5, 5.41) is -0.248. The second-order valence-electron chi connectivity index (χ2n) is 2.59. The molecule has 0 N–H and O–H groups in total. The summed E-state index contributed by atoms with van der Waals surface area (Å²) in [5.41, 5.74) is 0. The Hall–Kier alpha value is 0.0400. The summed E-state index contributed by atoms with van der Waals surface area (Å²) in [6, 6.07) is 0. The minimum atomic E-state index is -4.12. The van der Waals surface area contributed by atoms with Gasteiger partial charge in [-0.15, -0.1) is 11.6 Å². The predicted octanol–water partition coefficient (Wildman–Crippen LogP) is 2.11. The van der Waals surface area contributed by atoms with Crippen molar-refractivity contribution in [3.8, 4) is 0 Å². The van der Waals surface area contributed by atoms with Crippen LogP contribution in [0.15, 0.2) is 0 Å². The van der Waals surface area contributed by atoms with E-state index in [4.69, 9.17) is 11.6 Å². The summed E-state index contributed by atoms with van der Waals surface area (Å²) in [5.74, 6) is 0. The highest BCUT2D eigenvalue weighted by atomic mass is 35.5. The molecule has 0 bridgehead atoms. The summed E-state index contributed by atoms with van der Waals surface area (Å²) in [7, 11) is 1.40. The fourth-order valence-corrected chi connectivity index (χ4v) is 1.04. The summed E-state index contributed by atoms with van der Waals surface area (Å²) in [6.45, 7) is 1.01. The number of hydrogen-bond acceptors (Lipinski definition) is 1.